The van der Waals surface area contributed by atoms with Crippen LogP contribution < -0.4 is 10.6 Å². The third-order valence-corrected chi connectivity index (χ3v) is 7.30. The average Bonchev–Trinajstić information content (AvgIpc) is 2.83. The molecule has 0 atom stereocenters. The number of anilines is 2. The van der Waals surface area contributed by atoms with Gasteiger partial charge in [-0.1, -0.05) is 31.9 Å². The highest BCUT2D eigenvalue weighted by Crippen LogP contribution is 2.27. The Labute approximate surface area is 218 Å². The summed E-state index contributed by atoms with van der Waals surface area (Å²) in [6.07, 6.45) is 6.90. The van der Waals surface area contributed by atoms with Gasteiger partial charge in [0.1, 0.15) is 12.1 Å². The van der Waals surface area contributed by atoms with E-state index in [0.29, 0.717) is 23.2 Å². The number of nitrogens with one attached hydrogen (secondary N) is 2. The summed E-state index contributed by atoms with van der Waals surface area (Å²) in [7, 11) is 0. The molecule has 2 saturated carbocycles. The molecule has 0 heterocycles. The smallest absolute Gasteiger partial charge is 0.101 e. The van der Waals surface area contributed by atoms with Gasteiger partial charge in [-0.05, 0) is 87.8 Å². The lowest BCUT2D eigenvalue weighted by Crippen LogP contribution is -2.28. The molecule has 0 saturated heterocycles. The van der Waals surface area contributed by atoms with Crippen LogP contribution in [-0.4, -0.2) is 34.5 Å². The van der Waals surface area contributed by atoms with E-state index >= 15 is 0 Å². The maximum Gasteiger partial charge on any atom is 0.101 e. The summed E-state index contributed by atoms with van der Waals surface area (Å²) < 4.78 is 1.93. The molecule has 2 fully saturated rings. The van der Waals surface area contributed by atoms with E-state index in [-0.39, 0.29) is 12.2 Å². The Hall–Kier alpha value is -2.10. The number of hydrogen-bond acceptors (Lipinski definition) is 6. The monoisotopic (exact) mass is 588 g/mol. The van der Waals surface area contributed by atoms with E-state index < -0.39 is 0 Å². The van der Waals surface area contributed by atoms with Crippen LogP contribution in [0.3, 0.4) is 0 Å². The SMILES string of the molecule is N#Cc1ccc(Br)cc1NC1CCC(O)CC1.N#Cc1ccc(Br)cc1NC1CCC(O)CC1. The Morgan fingerprint density at radius 1 is 0.647 bits per heavy atom. The van der Waals surface area contributed by atoms with Crippen molar-refractivity contribution in [3.8, 4) is 12.1 Å². The largest absolute Gasteiger partial charge is 0.393 e. The summed E-state index contributed by atoms with van der Waals surface area (Å²) >= 11 is 6.82. The normalized spacial score (nSPS) is 24.1. The molecule has 6 nitrogen and oxygen atoms in total. The maximum absolute atomic E-state index is 9.45. The Morgan fingerprint density at radius 2 is 1.00 bits per heavy atom. The quantitative estimate of drug-likeness (QED) is 0.344. The highest BCUT2D eigenvalue weighted by Gasteiger charge is 2.21. The summed E-state index contributed by atoms with van der Waals surface area (Å²) in [6, 6.07) is 16.3. The van der Waals surface area contributed by atoms with Crippen molar-refractivity contribution in [3.05, 3.63) is 56.5 Å². The zero-order valence-corrected chi connectivity index (χ0v) is 22.1. The van der Waals surface area contributed by atoms with Crippen molar-refractivity contribution in [2.24, 2.45) is 0 Å². The topological polar surface area (TPSA) is 112 Å². The van der Waals surface area contributed by atoms with Crippen molar-refractivity contribution in [2.45, 2.75) is 75.7 Å². The van der Waals surface area contributed by atoms with Gasteiger partial charge >= 0.3 is 0 Å². The summed E-state index contributed by atoms with van der Waals surface area (Å²) in [6.45, 7) is 0. The van der Waals surface area contributed by atoms with Crippen molar-refractivity contribution < 1.29 is 10.2 Å². The number of nitrogens with zero attached hydrogens (tertiary/aromatic N) is 2. The fourth-order valence-electron chi connectivity index (χ4n) is 4.35. The van der Waals surface area contributed by atoms with E-state index in [4.69, 9.17) is 10.5 Å². The summed E-state index contributed by atoms with van der Waals surface area (Å²) in [4.78, 5) is 0. The van der Waals surface area contributed by atoms with Gasteiger partial charge in [0.25, 0.3) is 0 Å². The Kier molecular flexibility index (Phi) is 10.2. The molecule has 180 valence electrons. The third kappa shape index (κ3) is 7.99. The summed E-state index contributed by atoms with van der Waals surface area (Å²) in [5.41, 5.74) is 3.09. The van der Waals surface area contributed by atoms with Crippen LogP contribution in [0.4, 0.5) is 11.4 Å². The number of aliphatic hydroxyl groups is 2. The van der Waals surface area contributed by atoms with Crippen LogP contribution in [-0.2, 0) is 0 Å². The van der Waals surface area contributed by atoms with Crippen LogP contribution in [0, 0.1) is 22.7 Å². The van der Waals surface area contributed by atoms with Crippen LogP contribution in [0.25, 0.3) is 0 Å². The lowest BCUT2D eigenvalue weighted by atomic mass is 9.93. The Bertz CT molecular complexity index is 951. The van der Waals surface area contributed by atoms with Gasteiger partial charge in [0.2, 0.25) is 0 Å². The molecule has 0 spiro atoms. The molecule has 4 N–H and O–H groups in total. The predicted molar refractivity (Wildman–Crippen MR) is 141 cm³/mol. The molecule has 2 aromatic rings. The van der Waals surface area contributed by atoms with Crippen LogP contribution in [0.1, 0.15) is 62.5 Å². The van der Waals surface area contributed by atoms with Crippen LogP contribution in [0.5, 0.6) is 0 Å². The molecule has 2 aliphatic rings. The lowest BCUT2D eigenvalue weighted by molar-refractivity contribution is 0.125. The van der Waals surface area contributed by atoms with Crippen molar-refractivity contribution in [2.75, 3.05) is 10.6 Å². The fourth-order valence-corrected chi connectivity index (χ4v) is 5.07. The molecular weight excluding hydrogens is 560 g/mol. The van der Waals surface area contributed by atoms with Gasteiger partial charge in [0.05, 0.1) is 34.7 Å². The molecule has 8 heteroatoms. The molecule has 2 aromatic carbocycles. The van der Waals surface area contributed by atoms with Gasteiger partial charge in [-0.25, -0.2) is 0 Å². The molecule has 0 aliphatic heterocycles. The summed E-state index contributed by atoms with van der Waals surface area (Å²) in [5, 5.41) is 43.8. The number of aliphatic hydroxyl groups excluding tert-OH is 2. The lowest BCUT2D eigenvalue weighted by Gasteiger charge is -2.27. The molecule has 0 unspecified atom stereocenters. The van der Waals surface area contributed by atoms with Crippen molar-refractivity contribution in [1.82, 2.24) is 0 Å². The van der Waals surface area contributed by atoms with Crippen LogP contribution >= 0.6 is 31.9 Å². The fraction of sp³-hybridized carbons (Fsp3) is 0.462. The second-order valence-corrected chi connectivity index (χ2v) is 10.7. The highest BCUT2D eigenvalue weighted by atomic mass is 79.9. The first-order valence-electron chi connectivity index (χ1n) is 11.7. The molecule has 0 aromatic heterocycles. The highest BCUT2D eigenvalue weighted by molar-refractivity contribution is 9.10. The van der Waals surface area contributed by atoms with E-state index in [1.165, 1.54) is 0 Å². The second kappa shape index (κ2) is 13.1. The van der Waals surface area contributed by atoms with Gasteiger partial charge in [0, 0.05) is 21.0 Å². The number of benzene rings is 2. The van der Waals surface area contributed by atoms with Crippen LogP contribution in [0.15, 0.2) is 45.3 Å². The maximum atomic E-state index is 9.45. The first-order chi connectivity index (χ1) is 16.4. The van der Waals surface area contributed by atoms with Crippen molar-refractivity contribution in [1.29, 1.82) is 10.5 Å². The number of nitriles is 2. The molecule has 34 heavy (non-hydrogen) atoms. The van der Waals surface area contributed by atoms with Gasteiger partial charge < -0.3 is 20.8 Å². The van der Waals surface area contributed by atoms with Gasteiger partial charge in [-0.3, -0.25) is 0 Å². The minimum Gasteiger partial charge on any atom is -0.393 e. The predicted octanol–water partition coefficient (Wildman–Crippen LogP) is 6.07. The number of rotatable bonds is 4. The van der Waals surface area contributed by atoms with Crippen LogP contribution in [0.2, 0.25) is 0 Å². The first kappa shape index (κ1) is 26.5. The minimum absolute atomic E-state index is 0.147. The van der Waals surface area contributed by atoms with Crippen molar-refractivity contribution in [3.63, 3.8) is 0 Å². The summed E-state index contributed by atoms with van der Waals surface area (Å²) in [5.74, 6) is 0. The molecule has 0 amide bonds. The standard InChI is InChI=1S/2C13H15BrN2O/c2*14-10-2-1-9(8-15)13(7-10)16-11-3-5-12(17)6-4-11/h2*1-2,7,11-12,16-17H,3-6H2. The first-order valence-corrected chi connectivity index (χ1v) is 13.2. The van der Waals surface area contributed by atoms with Gasteiger partial charge in [0.15, 0.2) is 0 Å². The number of hydrogen-bond donors (Lipinski definition) is 4. The van der Waals surface area contributed by atoms with Crippen molar-refractivity contribution >= 4 is 43.2 Å². The zero-order chi connectivity index (χ0) is 24.5. The Morgan fingerprint density at radius 3 is 1.32 bits per heavy atom. The van der Waals surface area contributed by atoms with E-state index in [2.05, 4.69) is 54.6 Å². The molecule has 0 radical (unpaired) electrons. The van der Waals surface area contributed by atoms with E-state index in [0.717, 1.165) is 71.7 Å². The molecular formula is C26H30Br2N4O2. The Balaban J connectivity index is 0.000000191. The third-order valence-electron chi connectivity index (χ3n) is 6.32. The van der Waals surface area contributed by atoms with E-state index in [1.807, 2.05) is 36.4 Å². The molecule has 0 bridgehead atoms. The minimum atomic E-state index is -0.147. The van der Waals surface area contributed by atoms with E-state index in [9.17, 15) is 10.2 Å². The molecule has 4 rings (SSSR count). The van der Waals surface area contributed by atoms with Gasteiger partial charge in [-0.15, -0.1) is 0 Å². The van der Waals surface area contributed by atoms with E-state index in [1.54, 1.807) is 0 Å². The van der Waals surface area contributed by atoms with Gasteiger partial charge in [-0.2, -0.15) is 10.5 Å². The number of halogens is 2. The average molecular weight is 590 g/mol. The second-order valence-electron chi connectivity index (χ2n) is 8.90. The zero-order valence-electron chi connectivity index (χ0n) is 19.0. The molecule has 2 aliphatic carbocycles.